The summed E-state index contributed by atoms with van der Waals surface area (Å²) >= 11 is 0. The van der Waals surface area contributed by atoms with Gasteiger partial charge in [0.05, 0.1) is 6.04 Å². The maximum absolute atomic E-state index is 11.9. The van der Waals surface area contributed by atoms with Crippen molar-refractivity contribution in [3.8, 4) is 5.75 Å². The van der Waals surface area contributed by atoms with Gasteiger partial charge < -0.3 is 10.1 Å². The highest BCUT2D eigenvalue weighted by Gasteiger charge is 2.19. The summed E-state index contributed by atoms with van der Waals surface area (Å²) in [6, 6.07) is 7.57. The van der Waals surface area contributed by atoms with Crippen LogP contribution in [0.15, 0.2) is 29.4 Å². The number of nitrogens with one attached hydrogen (secondary N) is 2. The molecule has 2 N–H and O–H groups in total. The molecule has 1 heterocycles. The Morgan fingerprint density at radius 2 is 2.10 bits per heavy atom. The molecule has 6 nitrogen and oxygen atoms in total. The van der Waals surface area contributed by atoms with Gasteiger partial charge in [0.1, 0.15) is 18.1 Å². The third-order valence-corrected chi connectivity index (χ3v) is 3.07. The van der Waals surface area contributed by atoms with E-state index in [1.54, 1.807) is 0 Å². The second-order valence-corrected chi connectivity index (χ2v) is 5.09. The van der Waals surface area contributed by atoms with Gasteiger partial charge in [-0.05, 0) is 26.0 Å². The summed E-state index contributed by atoms with van der Waals surface area (Å²) in [4.78, 5) is 22.9. The molecular weight excluding hydrogens is 270 g/mol. The van der Waals surface area contributed by atoms with Gasteiger partial charge in [0.15, 0.2) is 0 Å². The minimum atomic E-state index is -0.269. The van der Waals surface area contributed by atoms with Crippen LogP contribution >= 0.6 is 0 Å². The molecule has 1 atom stereocenters. The Hall–Kier alpha value is -2.37. The van der Waals surface area contributed by atoms with Gasteiger partial charge in [-0.1, -0.05) is 17.7 Å². The maximum Gasteiger partial charge on any atom is 0.267 e. The maximum atomic E-state index is 11.9. The van der Waals surface area contributed by atoms with Crippen LogP contribution in [0.1, 0.15) is 25.3 Å². The number of nitrogens with zero attached hydrogens (tertiary/aromatic N) is 1. The lowest BCUT2D eigenvalue weighted by atomic mass is 10.1. The summed E-state index contributed by atoms with van der Waals surface area (Å²) in [5.41, 5.74) is 3.82. The fourth-order valence-corrected chi connectivity index (χ4v) is 1.84. The topological polar surface area (TPSA) is 79.8 Å². The molecule has 2 rings (SSSR count). The zero-order valence-corrected chi connectivity index (χ0v) is 12.2. The van der Waals surface area contributed by atoms with Gasteiger partial charge in [-0.15, -0.1) is 0 Å². The molecule has 0 aromatic heterocycles. The molecule has 0 aliphatic carbocycles. The van der Waals surface area contributed by atoms with Crippen LogP contribution in [0.4, 0.5) is 0 Å². The Balaban J connectivity index is 1.78. The van der Waals surface area contributed by atoms with Crippen LogP contribution in [-0.2, 0) is 9.59 Å². The Labute approximate surface area is 123 Å². The van der Waals surface area contributed by atoms with Crippen molar-refractivity contribution in [1.82, 2.24) is 10.7 Å². The molecule has 0 bridgehead atoms. The number of carbonyl (C=O) groups excluding carboxylic acids is 2. The van der Waals surface area contributed by atoms with Gasteiger partial charge in [0, 0.05) is 12.8 Å². The molecule has 1 aromatic rings. The smallest absolute Gasteiger partial charge is 0.267 e. The third kappa shape index (κ3) is 4.59. The number of hydrazone groups is 1. The SMILES string of the molecule is Cc1ccc(OCC(C)NC(=O)C2=NNC(=O)CC2)cc1. The number of benzene rings is 1. The van der Waals surface area contributed by atoms with E-state index in [1.807, 2.05) is 38.1 Å². The zero-order valence-electron chi connectivity index (χ0n) is 12.2. The van der Waals surface area contributed by atoms with Crippen molar-refractivity contribution in [2.75, 3.05) is 6.61 Å². The molecule has 1 aromatic carbocycles. The van der Waals surface area contributed by atoms with Gasteiger partial charge in [0.25, 0.3) is 5.91 Å². The molecule has 0 spiro atoms. The van der Waals surface area contributed by atoms with E-state index >= 15 is 0 Å². The molecule has 1 unspecified atom stereocenters. The van der Waals surface area contributed by atoms with E-state index in [9.17, 15) is 9.59 Å². The molecule has 2 amide bonds. The van der Waals surface area contributed by atoms with Gasteiger partial charge in [-0.3, -0.25) is 9.59 Å². The largest absolute Gasteiger partial charge is 0.491 e. The first-order chi connectivity index (χ1) is 10.0. The third-order valence-electron chi connectivity index (χ3n) is 3.07. The van der Waals surface area contributed by atoms with Crippen molar-refractivity contribution >= 4 is 17.5 Å². The van der Waals surface area contributed by atoms with E-state index in [-0.39, 0.29) is 17.9 Å². The normalized spacial score (nSPS) is 15.7. The molecular formula is C15H19N3O3. The van der Waals surface area contributed by atoms with E-state index < -0.39 is 0 Å². The lowest BCUT2D eigenvalue weighted by Crippen LogP contribution is -2.43. The number of ether oxygens (including phenoxy) is 1. The Morgan fingerprint density at radius 3 is 2.71 bits per heavy atom. The van der Waals surface area contributed by atoms with Gasteiger partial charge in [-0.2, -0.15) is 5.10 Å². The first kappa shape index (κ1) is 15.0. The van der Waals surface area contributed by atoms with E-state index in [1.165, 1.54) is 5.56 Å². The van der Waals surface area contributed by atoms with Crippen molar-refractivity contribution in [3.05, 3.63) is 29.8 Å². The molecule has 0 saturated carbocycles. The number of hydrogen-bond donors (Lipinski definition) is 2. The molecule has 1 aliphatic heterocycles. The predicted molar refractivity (Wildman–Crippen MR) is 79.1 cm³/mol. The average Bonchev–Trinajstić information content (AvgIpc) is 2.47. The van der Waals surface area contributed by atoms with E-state index in [2.05, 4.69) is 15.8 Å². The van der Waals surface area contributed by atoms with Crippen molar-refractivity contribution in [3.63, 3.8) is 0 Å². The van der Waals surface area contributed by atoms with Gasteiger partial charge >= 0.3 is 0 Å². The molecule has 0 radical (unpaired) electrons. The second kappa shape index (κ2) is 6.88. The average molecular weight is 289 g/mol. The molecule has 6 heteroatoms. The molecule has 0 saturated heterocycles. The van der Waals surface area contributed by atoms with Crippen LogP contribution < -0.4 is 15.5 Å². The van der Waals surface area contributed by atoms with Crippen LogP contribution in [0.5, 0.6) is 5.75 Å². The fraction of sp³-hybridized carbons (Fsp3) is 0.400. The first-order valence-corrected chi connectivity index (χ1v) is 6.90. The Kier molecular flexibility index (Phi) is 4.92. The van der Waals surface area contributed by atoms with Crippen LogP contribution in [0, 0.1) is 6.92 Å². The van der Waals surface area contributed by atoms with Gasteiger partial charge in [0.2, 0.25) is 5.91 Å². The number of aryl methyl sites for hydroxylation is 1. The quantitative estimate of drug-likeness (QED) is 0.853. The molecule has 112 valence electrons. The number of carbonyl (C=O) groups is 2. The van der Waals surface area contributed by atoms with E-state index in [0.717, 1.165) is 5.75 Å². The summed E-state index contributed by atoms with van der Waals surface area (Å²) < 4.78 is 5.60. The lowest BCUT2D eigenvalue weighted by Gasteiger charge is -2.17. The van der Waals surface area contributed by atoms with Crippen LogP contribution in [0.3, 0.4) is 0 Å². The van der Waals surface area contributed by atoms with Crippen molar-refractivity contribution < 1.29 is 14.3 Å². The van der Waals surface area contributed by atoms with Gasteiger partial charge in [-0.25, -0.2) is 5.43 Å². The van der Waals surface area contributed by atoms with Crippen molar-refractivity contribution in [1.29, 1.82) is 0 Å². The first-order valence-electron chi connectivity index (χ1n) is 6.90. The number of rotatable bonds is 5. The summed E-state index contributed by atoms with van der Waals surface area (Å²) in [5, 5.41) is 6.56. The van der Waals surface area contributed by atoms with Crippen LogP contribution in [0.25, 0.3) is 0 Å². The lowest BCUT2D eigenvalue weighted by molar-refractivity contribution is -0.121. The minimum Gasteiger partial charge on any atom is -0.491 e. The number of amides is 2. The highest BCUT2D eigenvalue weighted by molar-refractivity contribution is 6.39. The Morgan fingerprint density at radius 1 is 1.38 bits per heavy atom. The van der Waals surface area contributed by atoms with Crippen molar-refractivity contribution in [2.24, 2.45) is 5.10 Å². The predicted octanol–water partition coefficient (Wildman–Crippen LogP) is 1.14. The van der Waals surface area contributed by atoms with Crippen LogP contribution in [-0.4, -0.2) is 30.2 Å². The van der Waals surface area contributed by atoms with Crippen LogP contribution in [0.2, 0.25) is 0 Å². The highest BCUT2D eigenvalue weighted by atomic mass is 16.5. The zero-order chi connectivity index (χ0) is 15.2. The highest BCUT2D eigenvalue weighted by Crippen LogP contribution is 2.11. The van der Waals surface area contributed by atoms with E-state index in [4.69, 9.17) is 4.74 Å². The second-order valence-electron chi connectivity index (χ2n) is 5.09. The summed E-state index contributed by atoms with van der Waals surface area (Å²) in [6.07, 6.45) is 0.656. The molecule has 21 heavy (non-hydrogen) atoms. The minimum absolute atomic E-state index is 0.154. The molecule has 0 fully saturated rings. The summed E-state index contributed by atoms with van der Waals surface area (Å²) in [7, 11) is 0. The number of hydrogen-bond acceptors (Lipinski definition) is 4. The fourth-order valence-electron chi connectivity index (χ4n) is 1.84. The Bertz CT molecular complexity index is 552. The molecule has 1 aliphatic rings. The summed E-state index contributed by atoms with van der Waals surface area (Å²) in [6.45, 7) is 4.23. The standard InChI is InChI=1S/C15H19N3O3/c1-10-3-5-12(6-4-10)21-9-11(2)16-15(20)13-7-8-14(19)18-17-13/h3-6,11H,7-9H2,1-2H3,(H,16,20)(H,18,19). The van der Waals surface area contributed by atoms with Crippen molar-refractivity contribution in [2.45, 2.75) is 32.7 Å². The monoisotopic (exact) mass is 289 g/mol. The summed E-state index contributed by atoms with van der Waals surface area (Å²) in [5.74, 6) is 0.335. The van der Waals surface area contributed by atoms with E-state index in [0.29, 0.717) is 25.2 Å².